The Morgan fingerprint density at radius 3 is 2.46 bits per heavy atom. The van der Waals surface area contributed by atoms with Crippen LogP contribution < -0.4 is 20.7 Å². The lowest BCUT2D eigenvalue weighted by molar-refractivity contribution is 0.224. The number of para-hydroxylation sites is 1. The fourth-order valence-corrected chi connectivity index (χ4v) is 5.05. The minimum Gasteiger partial charge on any atom is -0.365 e. The van der Waals surface area contributed by atoms with Crippen molar-refractivity contribution in [3.63, 3.8) is 0 Å². The zero-order chi connectivity index (χ0) is 24.5. The van der Waals surface area contributed by atoms with Gasteiger partial charge in [-0.3, -0.25) is 14.6 Å². The molecule has 0 amide bonds. The molecule has 1 aromatic heterocycles. The Hall–Kier alpha value is -3.47. The highest BCUT2D eigenvalue weighted by molar-refractivity contribution is 7.99. The van der Waals surface area contributed by atoms with Gasteiger partial charge in [-0.05, 0) is 18.2 Å². The summed E-state index contributed by atoms with van der Waals surface area (Å²) in [7, 11) is 0. The molecule has 35 heavy (non-hydrogen) atoms. The number of pyridine rings is 1. The summed E-state index contributed by atoms with van der Waals surface area (Å²) < 4.78 is 40.9. The van der Waals surface area contributed by atoms with E-state index in [0.717, 1.165) is 11.5 Å². The molecule has 2 aliphatic heterocycles. The second-order valence-electron chi connectivity index (χ2n) is 8.14. The van der Waals surface area contributed by atoms with Crippen LogP contribution in [0, 0.1) is 5.82 Å². The first-order chi connectivity index (χ1) is 16.9. The van der Waals surface area contributed by atoms with E-state index in [0.29, 0.717) is 24.5 Å². The minimum absolute atomic E-state index is 0.0411. The van der Waals surface area contributed by atoms with E-state index in [1.165, 1.54) is 12.3 Å². The van der Waals surface area contributed by atoms with Crippen molar-refractivity contribution in [2.45, 2.75) is 19.4 Å². The normalized spacial score (nSPS) is 16.1. The van der Waals surface area contributed by atoms with E-state index in [9.17, 15) is 18.4 Å². The van der Waals surface area contributed by atoms with E-state index in [2.05, 4.69) is 15.2 Å². The van der Waals surface area contributed by atoms with Crippen molar-refractivity contribution in [1.82, 2.24) is 4.98 Å². The monoisotopic (exact) mass is 499 g/mol. The third-order valence-electron chi connectivity index (χ3n) is 5.98. The smallest absolute Gasteiger partial charge is 0.278 e. The first-order valence-corrected chi connectivity index (χ1v) is 12.1. The summed E-state index contributed by atoms with van der Waals surface area (Å²) >= 11 is 1.78. The van der Waals surface area contributed by atoms with Crippen LogP contribution in [0.15, 0.2) is 62.4 Å². The molecule has 180 valence electrons. The van der Waals surface area contributed by atoms with E-state index in [1.807, 2.05) is 11.0 Å². The van der Waals surface area contributed by atoms with E-state index >= 15 is 4.39 Å². The van der Waals surface area contributed by atoms with Gasteiger partial charge in [0.05, 0.1) is 18.0 Å². The molecule has 3 heterocycles. The number of nitrogens with zero attached hydrogens (tertiary/aromatic N) is 5. The van der Waals surface area contributed by atoms with Crippen LogP contribution in [0.3, 0.4) is 0 Å². The molecule has 0 saturated carbocycles. The van der Waals surface area contributed by atoms with E-state index in [1.54, 1.807) is 40.9 Å². The highest BCUT2D eigenvalue weighted by Crippen LogP contribution is 2.33. The average Bonchev–Trinajstić information content (AvgIpc) is 3.38. The van der Waals surface area contributed by atoms with E-state index in [4.69, 9.17) is 0 Å². The highest BCUT2D eigenvalue weighted by atomic mass is 32.2. The van der Waals surface area contributed by atoms with Gasteiger partial charge < -0.3 is 9.80 Å². The molecule has 0 spiro atoms. The van der Waals surface area contributed by atoms with Crippen LogP contribution in [0.5, 0.6) is 0 Å². The van der Waals surface area contributed by atoms with Crippen LogP contribution in [0.1, 0.15) is 17.7 Å². The number of hydrogen-bond acceptors (Lipinski definition) is 8. The third-order valence-corrected chi connectivity index (χ3v) is 6.93. The fourth-order valence-electron chi connectivity index (χ4n) is 4.14. The van der Waals surface area contributed by atoms with Crippen molar-refractivity contribution in [2.75, 3.05) is 34.4 Å². The average molecular weight is 500 g/mol. The van der Waals surface area contributed by atoms with Gasteiger partial charge in [-0.1, -0.05) is 18.2 Å². The molecule has 0 atom stereocenters. The Morgan fingerprint density at radius 2 is 1.80 bits per heavy atom. The van der Waals surface area contributed by atoms with Gasteiger partial charge in [0.25, 0.3) is 17.3 Å². The van der Waals surface area contributed by atoms with Crippen molar-refractivity contribution in [2.24, 2.45) is 10.2 Å². The number of benzene rings is 1. The van der Waals surface area contributed by atoms with Crippen LogP contribution in [0.25, 0.3) is 0 Å². The van der Waals surface area contributed by atoms with Crippen molar-refractivity contribution < 1.29 is 13.2 Å². The Morgan fingerprint density at radius 1 is 1.06 bits per heavy atom. The molecular formula is C24H20F3N5O2S. The molecular weight excluding hydrogens is 479 g/mol. The molecule has 0 bridgehead atoms. The second-order valence-corrected chi connectivity index (χ2v) is 9.37. The number of anilines is 3. The molecule has 0 aliphatic carbocycles. The molecule has 7 nitrogen and oxygen atoms in total. The van der Waals surface area contributed by atoms with E-state index in [-0.39, 0.29) is 41.3 Å². The highest BCUT2D eigenvalue weighted by Gasteiger charge is 2.32. The maximum atomic E-state index is 15.1. The quantitative estimate of drug-likeness (QED) is 0.463. The summed E-state index contributed by atoms with van der Waals surface area (Å²) in [5.41, 5.74) is 0.197. The third kappa shape index (κ3) is 4.47. The zero-order valence-electron chi connectivity index (χ0n) is 18.5. The number of hydrogen-bond donors (Lipinski definition) is 0. The van der Waals surface area contributed by atoms with Gasteiger partial charge in [0.15, 0.2) is 0 Å². The molecule has 3 aromatic rings. The maximum absolute atomic E-state index is 15.1. The first-order valence-electron chi connectivity index (χ1n) is 11.0. The Kier molecular flexibility index (Phi) is 6.42. The van der Waals surface area contributed by atoms with E-state index < -0.39 is 23.1 Å². The van der Waals surface area contributed by atoms with Crippen LogP contribution in [-0.4, -0.2) is 47.4 Å². The number of thioether (sulfide) groups is 1. The lowest BCUT2D eigenvalue weighted by Gasteiger charge is -2.34. The predicted molar refractivity (Wildman–Crippen MR) is 132 cm³/mol. The first kappa shape index (κ1) is 23.3. The number of halogens is 3. The molecule has 1 fully saturated rings. The molecule has 2 aliphatic rings. The Balaban J connectivity index is 1.47. The predicted octanol–water partition coefficient (Wildman–Crippen LogP) is 3.52. The molecule has 0 unspecified atom stereocenters. The molecule has 11 heteroatoms. The van der Waals surface area contributed by atoms with Crippen LogP contribution in [0.4, 0.5) is 30.2 Å². The topological polar surface area (TPSA) is 78.2 Å². The van der Waals surface area contributed by atoms with Crippen molar-refractivity contribution >= 4 is 40.2 Å². The van der Waals surface area contributed by atoms with Crippen molar-refractivity contribution in [3.8, 4) is 0 Å². The van der Waals surface area contributed by atoms with Gasteiger partial charge in [0, 0.05) is 48.5 Å². The second kappa shape index (κ2) is 9.65. The standard InChI is InChI=1S/C24H20F3N5O2S/c25-16-10-14(17-11-18(24(26)27)30-29-17)12-28-19(16)13-32(15-4-2-1-3-5-15)21-20(22(33)23(21)34)31-6-8-35-9-7-31/h1-5,10,12,24H,6-9,11,13H2. The van der Waals surface area contributed by atoms with Gasteiger partial charge in [-0.2, -0.15) is 22.0 Å². The molecule has 1 saturated heterocycles. The molecule has 0 N–H and O–H groups in total. The van der Waals surface area contributed by atoms with Crippen molar-refractivity contribution in [3.05, 3.63) is 80.1 Å². The SMILES string of the molecule is O=c1c(N2CCSCC2)c(N(Cc2ncc(C3=NN=C(C(F)F)C3)cc2F)c2ccccc2)c1=O. The number of alkyl halides is 2. The summed E-state index contributed by atoms with van der Waals surface area (Å²) in [4.78, 5) is 33.0. The van der Waals surface area contributed by atoms with Crippen LogP contribution in [-0.2, 0) is 6.54 Å². The van der Waals surface area contributed by atoms with Gasteiger partial charge >= 0.3 is 0 Å². The summed E-state index contributed by atoms with van der Waals surface area (Å²) in [5, 5.41) is 7.19. The lowest BCUT2D eigenvalue weighted by Crippen LogP contribution is -2.47. The summed E-state index contributed by atoms with van der Waals surface area (Å²) in [6, 6.07) is 10.1. The number of rotatable bonds is 7. The van der Waals surface area contributed by atoms with Gasteiger partial charge in [-0.15, -0.1) is 0 Å². The molecule has 5 rings (SSSR count). The largest absolute Gasteiger partial charge is 0.365 e. The fraction of sp³-hybridized carbons (Fsp3) is 0.292. The summed E-state index contributed by atoms with van der Waals surface area (Å²) in [5.74, 6) is 1.02. The Labute approximate surface area is 202 Å². The number of aromatic nitrogens is 1. The van der Waals surface area contributed by atoms with Gasteiger partial charge in [0.2, 0.25) is 0 Å². The zero-order valence-corrected chi connectivity index (χ0v) is 19.3. The molecule has 2 aromatic carbocycles. The van der Waals surface area contributed by atoms with Gasteiger partial charge in [0.1, 0.15) is 22.9 Å². The van der Waals surface area contributed by atoms with Crippen LogP contribution >= 0.6 is 11.8 Å². The van der Waals surface area contributed by atoms with Gasteiger partial charge in [-0.25, -0.2) is 13.2 Å². The van der Waals surface area contributed by atoms with Crippen molar-refractivity contribution in [1.29, 1.82) is 0 Å². The summed E-state index contributed by atoms with van der Waals surface area (Å²) in [6.45, 7) is 1.20. The minimum atomic E-state index is -2.73. The molecule has 0 radical (unpaired) electrons. The lowest BCUT2D eigenvalue weighted by atomic mass is 10.1. The maximum Gasteiger partial charge on any atom is 0.278 e. The summed E-state index contributed by atoms with van der Waals surface area (Å²) in [6.07, 6.45) is -1.54. The van der Waals surface area contributed by atoms with Crippen LogP contribution in [0.2, 0.25) is 0 Å². The Bertz CT molecular complexity index is 1380.